The fourth-order valence-electron chi connectivity index (χ4n) is 0.958. The number of rotatable bonds is 4. The van der Waals surface area contributed by atoms with Gasteiger partial charge in [-0.3, -0.25) is 0 Å². The van der Waals surface area contributed by atoms with Crippen molar-refractivity contribution in [2.45, 2.75) is 6.92 Å². The van der Waals surface area contributed by atoms with Crippen LogP contribution in [0.2, 0.25) is 5.02 Å². The molecule has 1 N–H and O–H groups in total. The first-order valence-corrected chi connectivity index (χ1v) is 4.72. The van der Waals surface area contributed by atoms with Gasteiger partial charge in [0, 0.05) is 5.56 Å². The number of benzene rings is 1. The molecule has 0 radical (unpaired) electrons. The lowest BCUT2D eigenvalue weighted by Crippen LogP contribution is -2.05. The predicted octanol–water partition coefficient (Wildman–Crippen LogP) is 2.30. The van der Waals surface area contributed by atoms with E-state index in [1.165, 1.54) is 18.2 Å². The molecule has 0 aromatic heterocycles. The molecule has 86 valence electrons. The van der Waals surface area contributed by atoms with Crippen LogP contribution in [0.15, 0.2) is 23.4 Å². The molecule has 0 spiro atoms. The third-order valence-electron chi connectivity index (χ3n) is 1.73. The molecule has 0 saturated carbocycles. The van der Waals surface area contributed by atoms with E-state index < -0.39 is 18.4 Å². The van der Waals surface area contributed by atoms with Crippen LogP contribution in [0.4, 0.5) is 4.39 Å². The highest BCUT2D eigenvalue weighted by Gasteiger charge is 2.04. The third kappa shape index (κ3) is 3.51. The highest BCUT2D eigenvalue weighted by Crippen LogP contribution is 2.16. The summed E-state index contributed by atoms with van der Waals surface area (Å²) in [6.07, 6.45) is 0. The number of carbonyl (C=O) groups is 1. The lowest BCUT2D eigenvalue weighted by molar-refractivity contribution is -0.142. The first-order chi connectivity index (χ1) is 7.50. The summed E-state index contributed by atoms with van der Waals surface area (Å²) >= 11 is 5.58. The average molecular weight is 246 g/mol. The van der Waals surface area contributed by atoms with E-state index in [9.17, 15) is 9.18 Å². The van der Waals surface area contributed by atoms with E-state index in [0.29, 0.717) is 11.3 Å². The zero-order chi connectivity index (χ0) is 12.1. The summed E-state index contributed by atoms with van der Waals surface area (Å²) in [5.41, 5.74) is 0.986. The molecule has 1 aromatic rings. The molecular weight excluding hydrogens is 237 g/mol. The number of carboxylic acids is 1. The number of carboxylic acid groups (broad SMARTS) is 1. The van der Waals surface area contributed by atoms with Gasteiger partial charge in [0.05, 0.1) is 10.7 Å². The van der Waals surface area contributed by atoms with E-state index in [1.54, 1.807) is 6.92 Å². The molecule has 0 bridgehead atoms. The summed E-state index contributed by atoms with van der Waals surface area (Å²) in [5.74, 6) is -1.64. The van der Waals surface area contributed by atoms with Gasteiger partial charge in [-0.25, -0.2) is 9.18 Å². The molecular formula is C10H9ClFNO3. The van der Waals surface area contributed by atoms with E-state index in [0.717, 1.165) is 0 Å². The van der Waals surface area contributed by atoms with Crippen molar-refractivity contribution in [1.82, 2.24) is 0 Å². The third-order valence-corrected chi connectivity index (χ3v) is 2.02. The summed E-state index contributed by atoms with van der Waals surface area (Å²) in [4.78, 5) is 14.7. The highest BCUT2D eigenvalue weighted by molar-refractivity contribution is 6.31. The van der Waals surface area contributed by atoms with Gasteiger partial charge in [-0.2, -0.15) is 0 Å². The molecule has 6 heteroatoms. The highest BCUT2D eigenvalue weighted by atomic mass is 35.5. The molecule has 0 atom stereocenters. The Balaban J connectivity index is 2.75. The Hall–Kier alpha value is -1.62. The Morgan fingerprint density at radius 3 is 2.88 bits per heavy atom. The lowest BCUT2D eigenvalue weighted by atomic mass is 10.1. The van der Waals surface area contributed by atoms with E-state index >= 15 is 0 Å². The monoisotopic (exact) mass is 245 g/mol. The number of hydrogen-bond donors (Lipinski definition) is 1. The molecule has 1 aromatic carbocycles. The Morgan fingerprint density at radius 1 is 1.62 bits per heavy atom. The Bertz CT molecular complexity index is 434. The van der Waals surface area contributed by atoms with Gasteiger partial charge in [0.25, 0.3) is 0 Å². The minimum absolute atomic E-state index is 0.0229. The zero-order valence-corrected chi connectivity index (χ0v) is 9.16. The van der Waals surface area contributed by atoms with Crippen molar-refractivity contribution in [3.8, 4) is 0 Å². The normalized spacial score (nSPS) is 11.3. The number of nitrogens with zero attached hydrogens (tertiary/aromatic N) is 1. The van der Waals surface area contributed by atoms with Crippen molar-refractivity contribution in [3.63, 3.8) is 0 Å². The van der Waals surface area contributed by atoms with Crippen LogP contribution in [0.3, 0.4) is 0 Å². The molecule has 1 rings (SSSR count). The maximum Gasteiger partial charge on any atom is 0.344 e. The topological polar surface area (TPSA) is 58.9 Å². The molecule has 0 aliphatic rings. The molecule has 0 unspecified atom stereocenters. The molecule has 16 heavy (non-hydrogen) atoms. The molecule has 0 aliphatic carbocycles. The van der Waals surface area contributed by atoms with Crippen LogP contribution in [-0.4, -0.2) is 23.4 Å². The maximum absolute atomic E-state index is 12.8. The minimum atomic E-state index is -1.12. The predicted molar refractivity (Wildman–Crippen MR) is 57.2 cm³/mol. The second-order valence-corrected chi connectivity index (χ2v) is 3.38. The standard InChI is InChI=1S/C10H9ClFNO3/c1-6(13-16-5-10(14)15)7-2-3-9(12)8(11)4-7/h2-4H,5H2,1H3,(H,14,15). The van der Waals surface area contributed by atoms with Gasteiger partial charge in [-0.1, -0.05) is 22.8 Å². The summed E-state index contributed by atoms with van der Waals surface area (Å²) in [5, 5.41) is 11.8. The van der Waals surface area contributed by atoms with E-state index in [-0.39, 0.29) is 5.02 Å². The van der Waals surface area contributed by atoms with E-state index in [4.69, 9.17) is 16.7 Å². The first-order valence-electron chi connectivity index (χ1n) is 4.34. The molecule has 0 fully saturated rings. The van der Waals surface area contributed by atoms with Crippen molar-refractivity contribution >= 4 is 23.3 Å². The van der Waals surface area contributed by atoms with Crippen LogP contribution in [0, 0.1) is 5.82 Å². The van der Waals surface area contributed by atoms with E-state index in [2.05, 4.69) is 9.99 Å². The fraction of sp³-hybridized carbons (Fsp3) is 0.200. The van der Waals surface area contributed by atoms with Crippen molar-refractivity contribution in [3.05, 3.63) is 34.6 Å². The molecule has 4 nitrogen and oxygen atoms in total. The number of halogens is 2. The maximum atomic E-state index is 12.8. The van der Waals surface area contributed by atoms with Crippen molar-refractivity contribution in [2.75, 3.05) is 6.61 Å². The molecule has 0 aliphatic heterocycles. The summed E-state index contributed by atoms with van der Waals surface area (Å²) in [7, 11) is 0. The Labute approximate surface area is 96.3 Å². The van der Waals surface area contributed by atoms with Crippen LogP contribution < -0.4 is 0 Å². The summed E-state index contributed by atoms with van der Waals surface area (Å²) in [6.45, 7) is 1.08. The van der Waals surface area contributed by atoms with E-state index in [1.807, 2.05) is 0 Å². The zero-order valence-electron chi connectivity index (χ0n) is 8.41. The van der Waals surface area contributed by atoms with Crippen LogP contribution in [-0.2, 0) is 9.63 Å². The van der Waals surface area contributed by atoms with Gasteiger partial charge < -0.3 is 9.94 Å². The number of hydrogen-bond acceptors (Lipinski definition) is 3. The van der Waals surface area contributed by atoms with Gasteiger partial charge in [0.2, 0.25) is 6.61 Å². The van der Waals surface area contributed by atoms with Crippen molar-refractivity contribution in [2.24, 2.45) is 5.16 Å². The van der Waals surface area contributed by atoms with Crippen LogP contribution >= 0.6 is 11.6 Å². The SMILES string of the molecule is CC(=NOCC(=O)O)c1ccc(F)c(Cl)c1. The largest absolute Gasteiger partial charge is 0.479 e. The second-order valence-electron chi connectivity index (χ2n) is 2.97. The van der Waals surface area contributed by atoms with Crippen molar-refractivity contribution < 1.29 is 19.1 Å². The second kappa shape index (κ2) is 5.46. The summed E-state index contributed by atoms with van der Waals surface area (Å²) in [6, 6.07) is 4.07. The van der Waals surface area contributed by atoms with Crippen LogP contribution in [0.25, 0.3) is 0 Å². The summed E-state index contributed by atoms with van der Waals surface area (Å²) < 4.78 is 12.8. The Kier molecular flexibility index (Phi) is 4.25. The number of oxime groups is 1. The lowest BCUT2D eigenvalue weighted by Gasteiger charge is -2.02. The number of aliphatic carboxylic acids is 1. The van der Waals surface area contributed by atoms with Gasteiger partial charge in [-0.05, 0) is 19.1 Å². The smallest absolute Gasteiger partial charge is 0.344 e. The Morgan fingerprint density at radius 2 is 2.31 bits per heavy atom. The minimum Gasteiger partial charge on any atom is -0.479 e. The fourth-order valence-corrected chi connectivity index (χ4v) is 1.14. The molecule has 0 heterocycles. The van der Waals surface area contributed by atoms with Gasteiger partial charge >= 0.3 is 5.97 Å². The average Bonchev–Trinajstić information content (AvgIpc) is 2.21. The van der Waals surface area contributed by atoms with Crippen molar-refractivity contribution in [1.29, 1.82) is 0 Å². The molecule has 0 amide bonds. The van der Waals surface area contributed by atoms with Gasteiger partial charge in [-0.15, -0.1) is 0 Å². The molecule has 0 saturated heterocycles. The van der Waals surface area contributed by atoms with Crippen LogP contribution in [0.5, 0.6) is 0 Å². The van der Waals surface area contributed by atoms with Crippen LogP contribution in [0.1, 0.15) is 12.5 Å². The quantitative estimate of drug-likeness (QED) is 0.654. The first kappa shape index (κ1) is 12.4. The van der Waals surface area contributed by atoms with Gasteiger partial charge in [0.15, 0.2) is 0 Å². The van der Waals surface area contributed by atoms with Gasteiger partial charge in [0.1, 0.15) is 5.82 Å².